The second-order valence-corrected chi connectivity index (χ2v) is 4.66. The summed E-state index contributed by atoms with van der Waals surface area (Å²) in [5, 5.41) is 0.408. The van der Waals surface area contributed by atoms with Gasteiger partial charge < -0.3 is 9.88 Å². The molecule has 19 heavy (non-hydrogen) atoms. The standard InChI is InChI=1S/C13H15N3O3/c1-8-4-5-10-9(6-8)12(18)16(13(19)14-10)7-11(17)15(2)3/h4-6H,7H2,1-3H3,(H,14,19). The van der Waals surface area contributed by atoms with E-state index in [9.17, 15) is 14.4 Å². The van der Waals surface area contributed by atoms with Crippen molar-refractivity contribution in [3.63, 3.8) is 0 Å². The second kappa shape index (κ2) is 4.72. The van der Waals surface area contributed by atoms with E-state index in [0.29, 0.717) is 10.9 Å². The fraction of sp³-hybridized carbons (Fsp3) is 0.308. The summed E-state index contributed by atoms with van der Waals surface area (Å²) in [6.45, 7) is 1.60. The summed E-state index contributed by atoms with van der Waals surface area (Å²) in [5.74, 6) is -0.306. The smallest absolute Gasteiger partial charge is 0.329 e. The highest BCUT2D eigenvalue weighted by molar-refractivity contribution is 5.79. The molecule has 100 valence electrons. The first-order valence-corrected chi connectivity index (χ1v) is 5.84. The molecule has 1 aromatic heterocycles. The van der Waals surface area contributed by atoms with Gasteiger partial charge in [0.05, 0.1) is 10.9 Å². The van der Waals surface area contributed by atoms with Crippen molar-refractivity contribution in [3.8, 4) is 0 Å². The summed E-state index contributed by atoms with van der Waals surface area (Å²) < 4.78 is 0.921. The average Bonchev–Trinajstić information content (AvgIpc) is 2.35. The van der Waals surface area contributed by atoms with Crippen LogP contribution in [0.15, 0.2) is 27.8 Å². The van der Waals surface area contributed by atoms with Crippen molar-refractivity contribution in [1.29, 1.82) is 0 Å². The minimum atomic E-state index is -0.573. The van der Waals surface area contributed by atoms with Gasteiger partial charge in [-0.25, -0.2) is 4.79 Å². The molecule has 6 heteroatoms. The number of benzene rings is 1. The third-order valence-corrected chi connectivity index (χ3v) is 2.93. The first-order chi connectivity index (χ1) is 8.90. The van der Waals surface area contributed by atoms with E-state index < -0.39 is 11.2 Å². The van der Waals surface area contributed by atoms with Gasteiger partial charge in [-0.15, -0.1) is 0 Å². The summed E-state index contributed by atoms with van der Waals surface area (Å²) in [4.78, 5) is 39.6. The van der Waals surface area contributed by atoms with E-state index in [4.69, 9.17) is 0 Å². The first-order valence-electron chi connectivity index (χ1n) is 5.84. The van der Waals surface area contributed by atoms with Crippen LogP contribution in [-0.2, 0) is 11.3 Å². The molecule has 0 saturated carbocycles. The maximum atomic E-state index is 12.2. The highest BCUT2D eigenvalue weighted by Crippen LogP contribution is 2.07. The van der Waals surface area contributed by atoms with Gasteiger partial charge in [-0.3, -0.25) is 14.2 Å². The predicted molar refractivity (Wildman–Crippen MR) is 72.3 cm³/mol. The van der Waals surface area contributed by atoms with E-state index in [2.05, 4.69) is 4.98 Å². The lowest BCUT2D eigenvalue weighted by Gasteiger charge is -2.11. The number of aryl methyl sites for hydroxylation is 1. The number of amides is 1. The Kier molecular flexibility index (Phi) is 3.25. The van der Waals surface area contributed by atoms with E-state index in [-0.39, 0.29) is 12.5 Å². The van der Waals surface area contributed by atoms with Crippen molar-refractivity contribution in [1.82, 2.24) is 14.5 Å². The third-order valence-electron chi connectivity index (χ3n) is 2.93. The molecule has 1 heterocycles. The van der Waals surface area contributed by atoms with Gasteiger partial charge in [-0.05, 0) is 19.1 Å². The van der Waals surface area contributed by atoms with Gasteiger partial charge in [0, 0.05) is 14.1 Å². The molecule has 0 unspecified atom stereocenters. The van der Waals surface area contributed by atoms with Crippen LogP contribution >= 0.6 is 0 Å². The summed E-state index contributed by atoms with van der Waals surface area (Å²) in [6, 6.07) is 5.20. The fourth-order valence-electron chi connectivity index (χ4n) is 1.78. The molecule has 6 nitrogen and oxygen atoms in total. The molecule has 0 bridgehead atoms. The summed E-state index contributed by atoms with van der Waals surface area (Å²) in [6.07, 6.45) is 0. The quantitative estimate of drug-likeness (QED) is 0.832. The van der Waals surface area contributed by atoms with Gasteiger partial charge in [0.2, 0.25) is 5.91 Å². The molecule has 2 rings (SSSR count). The molecule has 1 amide bonds. The van der Waals surface area contributed by atoms with Crippen LogP contribution in [0.3, 0.4) is 0 Å². The largest absolute Gasteiger partial charge is 0.347 e. The molecule has 2 aromatic rings. The molecule has 0 aliphatic carbocycles. The Morgan fingerprint density at radius 2 is 2.00 bits per heavy atom. The maximum Gasteiger partial charge on any atom is 0.329 e. The SMILES string of the molecule is Cc1ccc2[nH]c(=O)n(CC(=O)N(C)C)c(=O)c2c1. The molecular weight excluding hydrogens is 246 g/mol. The predicted octanol–water partition coefficient (Wildman–Crippen LogP) is 0.0864. The third kappa shape index (κ3) is 2.42. The number of aromatic amines is 1. The van der Waals surface area contributed by atoms with E-state index in [0.717, 1.165) is 10.1 Å². The number of carbonyl (C=O) groups excluding carboxylic acids is 1. The summed E-state index contributed by atoms with van der Waals surface area (Å²) in [7, 11) is 3.15. The van der Waals surface area contributed by atoms with Crippen LogP contribution in [0.4, 0.5) is 0 Å². The van der Waals surface area contributed by atoms with E-state index in [1.807, 2.05) is 13.0 Å². The Hall–Kier alpha value is -2.37. The molecule has 1 aromatic carbocycles. The van der Waals surface area contributed by atoms with Gasteiger partial charge in [0.25, 0.3) is 5.56 Å². The van der Waals surface area contributed by atoms with Crippen molar-refractivity contribution in [3.05, 3.63) is 44.6 Å². The lowest BCUT2D eigenvalue weighted by molar-refractivity contribution is -0.129. The van der Waals surface area contributed by atoms with Crippen LogP contribution < -0.4 is 11.2 Å². The highest BCUT2D eigenvalue weighted by Gasteiger charge is 2.12. The van der Waals surface area contributed by atoms with Crippen molar-refractivity contribution < 1.29 is 4.79 Å². The van der Waals surface area contributed by atoms with Crippen LogP contribution in [0.5, 0.6) is 0 Å². The van der Waals surface area contributed by atoms with Crippen LogP contribution in [0.1, 0.15) is 5.56 Å². The van der Waals surface area contributed by atoms with Gasteiger partial charge in [0.15, 0.2) is 0 Å². The van der Waals surface area contributed by atoms with Gasteiger partial charge >= 0.3 is 5.69 Å². The number of rotatable bonds is 2. The van der Waals surface area contributed by atoms with Crippen molar-refractivity contribution >= 4 is 16.8 Å². The lowest BCUT2D eigenvalue weighted by Crippen LogP contribution is -2.40. The molecule has 1 N–H and O–H groups in total. The molecule has 0 aliphatic rings. The zero-order valence-electron chi connectivity index (χ0n) is 11.1. The van der Waals surface area contributed by atoms with Crippen LogP contribution in [0.2, 0.25) is 0 Å². The zero-order valence-corrected chi connectivity index (χ0v) is 11.1. The van der Waals surface area contributed by atoms with E-state index in [1.165, 1.54) is 4.90 Å². The fourth-order valence-corrected chi connectivity index (χ4v) is 1.78. The number of nitrogens with zero attached hydrogens (tertiary/aromatic N) is 2. The number of likely N-dealkylation sites (N-methyl/N-ethyl adjacent to an activating group) is 1. The Morgan fingerprint density at radius 1 is 1.32 bits per heavy atom. The van der Waals surface area contributed by atoms with Crippen LogP contribution in [0, 0.1) is 6.92 Å². The number of carbonyl (C=O) groups is 1. The molecule has 0 spiro atoms. The topological polar surface area (TPSA) is 75.2 Å². The molecule has 0 radical (unpaired) electrons. The van der Waals surface area contributed by atoms with Crippen molar-refractivity contribution in [2.45, 2.75) is 13.5 Å². The number of nitrogens with one attached hydrogen (secondary N) is 1. The first kappa shape index (κ1) is 13.1. The second-order valence-electron chi connectivity index (χ2n) is 4.66. The average molecular weight is 261 g/mol. The Bertz CT molecular complexity index is 756. The van der Waals surface area contributed by atoms with Crippen LogP contribution in [-0.4, -0.2) is 34.5 Å². The normalized spacial score (nSPS) is 10.7. The zero-order chi connectivity index (χ0) is 14.2. The summed E-state index contributed by atoms with van der Waals surface area (Å²) >= 11 is 0. The number of hydrogen-bond donors (Lipinski definition) is 1. The number of fused-ring (bicyclic) bond motifs is 1. The van der Waals surface area contributed by atoms with E-state index in [1.54, 1.807) is 26.2 Å². The molecule has 0 atom stereocenters. The van der Waals surface area contributed by atoms with Gasteiger partial charge in [-0.2, -0.15) is 0 Å². The minimum Gasteiger partial charge on any atom is -0.347 e. The number of hydrogen-bond acceptors (Lipinski definition) is 3. The Morgan fingerprint density at radius 3 is 2.63 bits per heavy atom. The lowest BCUT2D eigenvalue weighted by atomic mass is 10.2. The molecule has 0 fully saturated rings. The van der Waals surface area contributed by atoms with E-state index >= 15 is 0 Å². The maximum absolute atomic E-state index is 12.2. The Balaban J connectivity index is 2.65. The van der Waals surface area contributed by atoms with Gasteiger partial charge in [0.1, 0.15) is 6.54 Å². The molecule has 0 aliphatic heterocycles. The van der Waals surface area contributed by atoms with Crippen LogP contribution in [0.25, 0.3) is 10.9 Å². The molecular formula is C13H15N3O3. The summed E-state index contributed by atoms with van der Waals surface area (Å²) in [5.41, 5.74) is 0.380. The highest BCUT2D eigenvalue weighted by atomic mass is 16.2. The Labute approximate surface area is 109 Å². The number of aromatic nitrogens is 2. The molecule has 0 saturated heterocycles. The van der Waals surface area contributed by atoms with Crippen molar-refractivity contribution in [2.75, 3.05) is 14.1 Å². The monoisotopic (exact) mass is 261 g/mol. The minimum absolute atomic E-state index is 0.259. The number of H-pyrrole nitrogens is 1. The van der Waals surface area contributed by atoms with Gasteiger partial charge in [-0.1, -0.05) is 11.6 Å². The van der Waals surface area contributed by atoms with Crippen molar-refractivity contribution in [2.24, 2.45) is 0 Å².